The Balaban J connectivity index is 2.04. The molecule has 1 N–H and O–H groups in total. The Morgan fingerprint density at radius 3 is 2.59 bits per heavy atom. The minimum absolute atomic E-state index is 0.0178. The minimum Gasteiger partial charge on any atom is -0.376 e. The van der Waals surface area contributed by atoms with Crippen molar-refractivity contribution in [3.63, 3.8) is 0 Å². The fourth-order valence-corrected chi connectivity index (χ4v) is 5.15. The molecule has 1 aliphatic rings. The van der Waals surface area contributed by atoms with E-state index in [1.54, 1.807) is 20.9 Å². The van der Waals surface area contributed by atoms with E-state index < -0.39 is 15.6 Å². The highest BCUT2D eigenvalue weighted by atomic mass is 32.2. The van der Waals surface area contributed by atoms with Gasteiger partial charge in [-0.15, -0.1) is 0 Å². The average molecular weight is 422 g/mol. The second-order valence-corrected chi connectivity index (χ2v) is 9.10. The molecule has 3 rings (SSSR count). The number of likely N-dealkylation sites (N-methyl/N-ethyl adjacent to an activating group) is 1. The van der Waals surface area contributed by atoms with Gasteiger partial charge in [0.1, 0.15) is 0 Å². The third-order valence-corrected chi connectivity index (χ3v) is 7.28. The molecular weight excluding hydrogens is 394 g/mol. The number of rotatable bonds is 7. The third-order valence-electron chi connectivity index (χ3n) is 5.24. The summed E-state index contributed by atoms with van der Waals surface area (Å²) in [6, 6.07) is 5.68. The van der Waals surface area contributed by atoms with E-state index >= 15 is 0 Å². The van der Waals surface area contributed by atoms with E-state index in [9.17, 15) is 18.0 Å². The van der Waals surface area contributed by atoms with Crippen LogP contribution in [0.25, 0.3) is 10.9 Å². The third kappa shape index (κ3) is 4.36. The van der Waals surface area contributed by atoms with E-state index in [0.29, 0.717) is 37.1 Å². The molecule has 1 atom stereocenters. The number of pyridine rings is 1. The maximum absolute atomic E-state index is 13.1. The van der Waals surface area contributed by atoms with Crippen LogP contribution >= 0.6 is 0 Å². The van der Waals surface area contributed by atoms with Crippen molar-refractivity contribution in [3.8, 4) is 0 Å². The molecule has 0 bridgehead atoms. The van der Waals surface area contributed by atoms with Gasteiger partial charge in [-0.25, -0.2) is 8.42 Å². The zero-order valence-corrected chi connectivity index (χ0v) is 17.8. The number of carbonyl (C=O) groups is 1. The van der Waals surface area contributed by atoms with Crippen molar-refractivity contribution < 1.29 is 17.9 Å². The van der Waals surface area contributed by atoms with E-state index in [2.05, 4.69) is 4.98 Å². The first-order valence-electron chi connectivity index (χ1n) is 9.82. The van der Waals surface area contributed by atoms with Crippen LogP contribution in [0, 0.1) is 0 Å². The molecular formula is C20H27N3O5S. The van der Waals surface area contributed by atoms with Gasteiger partial charge >= 0.3 is 0 Å². The number of amides is 1. The number of H-pyrrole nitrogens is 1. The Kier molecular flexibility index (Phi) is 6.40. The molecule has 1 aromatic carbocycles. The summed E-state index contributed by atoms with van der Waals surface area (Å²) >= 11 is 0. The number of carbonyl (C=O) groups excluding carboxylic acids is 1. The van der Waals surface area contributed by atoms with Crippen molar-refractivity contribution in [2.24, 2.45) is 0 Å². The zero-order chi connectivity index (χ0) is 21.2. The molecule has 1 aromatic heterocycles. The molecule has 158 valence electrons. The van der Waals surface area contributed by atoms with Gasteiger partial charge in [0.05, 0.1) is 16.6 Å². The maximum atomic E-state index is 13.1. The van der Waals surface area contributed by atoms with Crippen molar-refractivity contribution in [2.45, 2.75) is 37.7 Å². The van der Waals surface area contributed by atoms with Crippen molar-refractivity contribution >= 4 is 26.8 Å². The van der Waals surface area contributed by atoms with Crippen LogP contribution < -0.4 is 5.56 Å². The van der Waals surface area contributed by atoms with Gasteiger partial charge in [0.15, 0.2) is 0 Å². The maximum Gasteiger partial charge on any atom is 0.254 e. The largest absolute Gasteiger partial charge is 0.376 e. The number of fused-ring (bicyclic) bond motifs is 1. The number of hydrogen-bond donors (Lipinski definition) is 1. The lowest BCUT2D eigenvalue weighted by Crippen LogP contribution is -2.34. The first-order chi connectivity index (χ1) is 13.8. The number of nitrogens with zero attached hydrogens (tertiary/aromatic N) is 2. The highest BCUT2D eigenvalue weighted by molar-refractivity contribution is 7.89. The zero-order valence-electron chi connectivity index (χ0n) is 17.0. The molecule has 1 fully saturated rings. The molecule has 0 aliphatic carbocycles. The van der Waals surface area contributed by atoms with Crippen LogP contribution in [-0.2, 0) is 14.8 Å². The molecule has 1 unspecified atom stereocenters. The summed E-state index contributed by atoms with van der Waals surface area (Å²) in [6.07, 6.45) is 1.84. The number of aromatic amines is 1. The fraction of sp³-hybridized carbons (Fsp3) is 0.500. The molecule has 2 aromatic rings. The van der Waals surface area contributed by atoms with Gasteiger partial charge in [0.25, 0.3) is 5.91 Å². The van der Waals surface area contributed by atoms with Crippen molar-refractivity contribution in [1.82, 2.24) is 14.2 Å². The van der Waals surface area contributed by atoms with Gasteiger partial charge in [-0.3, -0.25) is 9.59 Å². The summed E-state index contributed by atoms with van der Waals surface area (Å²) in [4.78, 5) is 29.4. The molecule has 29 heavy (non-hydrogen) atoms. The second kappa shape index (κ2) is 8.64. The van der Waals surface area contributed by atoms with Gasteiger partial charge in [0.2, 0.25) is 15.6 Å². The normalized spacial score (nSPS) is 17.2. The minimum atomic E-state index is -3.69. The van der Waals surface area contributed by atoms with E-state index in [1.165, 1.54) is 33.5 Å². The Morgan fingerprint density at radius 2 is 1.97 bits per heavy atom. The molecule has 0 radical (unpaired) electrons. The summed E-state index contributed by atoms with van der Waals surface area (Å²) in [7, 11) is -2.03. The molecule has 0 saturated carbocycles. The first kappa shape index (κ1) is 21.5. The van der Waals surface area contributed by atoms with Crippen LogP contribution in [0.2, 0.25) is 0 Å². The van der Waals surface area contributed by atoms with E-state index in [4.69, 9.17) is 4.74 Å². The number of sulfonamides is 1. The topological polar surface area (TPSA) is 99.8 Å². The van der Waals surface area contributed by atoms with E-state index in [0.717, 1.165) is 12.8 Å². The average Bonchev–Trinajstić information content (AvgIpc) is 3.20. The summed E-state index contributed by atoms with van der Waals surface area (Å²) in [5.74, 6) is -0.339. The number of nitrogens with one attached hydrogen (secondary N) is 1. The highest BCUT2D eigenvalue weighted by Gasteiger charge is 2.25. The summed E-state index contributed by atoms with van der Waals surface area (Å²) in [5.41, 5.74) is 0.191. The van der Waals surface area contributed by atoms with Gasteiger partial charge in [-0.05, 0) is 31.0 Å². The summed E-state index contributed by atoms with van der Waals surface area (Å²) < 4.78 is 32.7. The Labute approximate surface area is 170 Å². The van der Waals surface area contributed by atoms with Crippen LogP contribution in [0.1, 0.15) is 37.0 Å². The quantitative estimate of drug-likeness (QED) is 0.735. The number of ether oxygens (including phenoxy) is 1. The lowest BCUT2D eigenvalue weighted by Gasteiger charge is -2.22. The predicted octanol–water partition coefficient (Wildman–Crippen LogP) is 1.81. The molecule has 9 heteroatoms. The number of benzene rings is 1. The smallest absolute Gasteiger partial charge is 0.254 e. The van der Waals surface area contributed by atoms with Crippen molar-refractivity contribution in [1.29, 1.82) is 0 Å². The standard InChI is InChI=1S/C20H27N3O5S/c1-4-23(5-2)29(26,27)15-8-9-18-16(11-15)17(12-19(24)21-18)20(25)22(3)13-14-7-6-10-28-14/h8-9,11-12,14H,4-7,10,13H2,1-3H3,(H,21,24). The lowest BCUT2D eigenvalue weighted by molar-refractivity contribution is 0.0588. The lowest BCUT2D eigenvalue weighted by atomic mass is 10.1. The Morgan fingerprint density at radius 1 is 1.24 bits per heavy atom. The summed E-state index contributed by atoms with van der Waals surface area (Å²) in [5, 5.41) is 0.405. The van der Waals surface area contributed by atoms with Crippen molar-refractivity contribution in [3.05, 3.63) is 40.2 Å². The number of hydrogen-bond acceptors (Lipinski definition) is 5. The van der Waals surface area contributed by atoms with Crippen LogP contribution in [0.15, 0.2) is 34.0 Å². The molecule has 8 nitrogen and oxygen atoms in total. The van der Waals surface area contributed by atoms with E-state index in [-0.39, 0.29) is 22.5 Å². The predicted molar refractivity (Wildman–Crippen MR) is 111 cm³/mol. The van der Waals surface area contributed by atoms with Crippen LogP contribution in [0.4, 0.5) is 0 Å². The molecule has 0 spiro atoms. The second-order valence-electron chi connectivity index (χ2n) is 7.16. The Hall–Kier alpha value is -2.23. The van der Waals surface area contributed by atoms with Gasteiger partial charge in [-0.2, -0.15) is 4.31 Å². The fourth-order valence-electron chi connectivity index (χ4n) is 3.67. The molecule has 1 saturated heterocycles. The monoisotopic (exact) mass is 421 g/mol. The van der Waals surface area contributed by atoms with Gasteiger partial charge in [-0.1, -0.05) is 13.8 Å². The Bertz CT molecular complexity index is 1050. The van der Waals surface area contributed by atoms with E-state index in [1.807, 2.05) is 0 Å². The molecule has 1 aliphatic heterocycles. The molecule has 1 amide bonds. The first-order valence-corrected chi connectivity index (χ1v) is 11.3. The van der Waals surface area contributed by atoms with Gasteiger partial charge in [0, 0.05) is 50.3 Å². The van der Waals surface area contributed by atoms with Crippen LogP contribution in [-0.4, -0.2) is 67.9 Å². The summed E-state index contributed by atoms with van der Waals surface area (Å²) in [6.45, 7) is 5.35. The molecule has 2 heterocycles. The van der Waals surface area contributed by atoms with Crippen LogP contribution in [0.3, 0.4) is 0 Å². The van der Waals surface area contributed by atoms with Gasteiger partial charge < -0.3 is 14.6 Å². The SMILES string of the molecule is CCN(CC)S(=O)(=O)c1ccc2[nH]c(=O)cc(C(=O)N(C)CC3CCCO3)c2c1. The highest BCUT2D eigenvalue weighted by Crippen LogP contribution is 2.24. The van der Waals surface area contributed by atoms with Crippen LogP contribution in [0.5, 0.6) is 0 Å². The van der Waals surface area contributed by atoms with Crippen molar-refractivity contribution in [2.75, 3.05) is 33.3 Å². The number of aromatic nitrogens is 1.